The maximum atomic E-state index is 12.4. The van der Waals surface area contributed by atoms with Gasteiger partial charge in [0.05, 0.1) is 0 Å². The number of carbonyl (C=O) groups excluding carboxylic acids is 1. The van der Waals surface area contributed by atoms with Crippen molar-refractivity contribution in [1.82, 2.24) is 15.1 Å². The molecule has 5 heteroatoms. The van der Waals surface area contributed by atoms with Crippen molar-refractivity contribution in [2.75, 3.05) is 39.3 Å². The molecular weight excluding hydrogens is 322 g/mol. The minimum Gasteiger partial charge on any atom is -0.340 e. The molecule has 1 amide bonds. The Bertz CT molecular complexity index is 558. The molecule has 0 spiro atoms. The van der Waals surface area contributed by atoms with Crippen LogP contribution in [0.4, 0.5) is 0 Å². The van der Waals surface area contributed by atoms with E-state index in [4.69, 9.17) is 0 Å². The molecule has 0 saturated carbocycles. The SMILES string of the molecule is Cc1cccc(C2CCCN2CCC(=O)N2CCNCC2)c1C.Cl. The van der Waals surface area contributed by atoms with Crippen LogP contribution in [-0.2, 0) is 4.79 Å². The predicted molar refractivity (Wildman–Crippen MR) is 101 cm³/mol. The van der Waals surface area contributed by atoms with E-state index in [9.17, 15) is 4.79 Å². The maximum Gasteiger partial charge on any atom is 0.223 e. The number of aryl methyl sites for hydroxylation is 1. The Hall–Kier alpha value is -1.10. The van der Waals surface area contributed by atoms with Gasteiger partial charge in [0.15, 0.2) is 0 Å². The maximum absolute atomic E-state index is 12.4. The third-order valence-electron chi connectivity index (χ3n) is 5.45. The van der Waals surface area contributed by atoms with Crippen molar-refractivity contribution in [3.8, 4) is 0 Å². The summed E-state index contributed by atoms with van der Waals surface area (Å²) in [5.74, 6) is 0.318. The molecule has 1 atom stereocenters. The minimum absolute atomic E-state index is 0. The molecule has 0 aromatic heterocycles. The molecule has 2 heterocycles. The van der Waals surface area contributed by atoms with Crippen molar-refractivity contribution in [1.29, 1.82) is 0 Å². The number of nitrogens with one attached hydrogen (secondary N) is 1. The summed E-state index contributed by atoms with van der Waals surface area (Å²) < 4.78 is 0. The number of benzene rings is 1. The molecule has 2 aliphatic rings. The van der Waals surface area contributed by atoms with Gasteiger partial charge < -0.3 is 10.2 Å². The van der Waals surface area contributed by atoms with E-state index in [-0.39, 0.29) is 12.4 Å². The first kappa shape index (κ1) is 19.2. The number of nitrogens with zero attached hydrogens (tertiary/aromatic N) is 2. The first-order valence-corrected chi connectivity index (χ1v) is 8.95. The Morgan fingerprint density at radius 3 is 2.71 bits per heavy atom. The Morgan fingerprint density at radius 1 is 1.21 bits per heavy atom. The second-order valence-corrected chi connectivity index (χ2v) is 6.86. The highest BCUT2D eigenvalue weighted by atomic mass is 35.5. The summed E-state index contributed by atoms with van der Waals surface area (Å²) >= 11 is 0. The molecule has 2 aliphatic heterocycles. The van der Waals surface area contributed by atoms with Crippen LogP contribution in [-0.4, -0.2) is 55.0 Å². The molecule has 0 aliphatic carbocycles. The predicted octanol–water partition coefficient (Wildman–Crippen LogP) is 2.68. The topological polar surface area (TPSA) is 35.6 Å². The lowest BCUT2D eigenvalue weighted by Gasteiger charge is -2.30. The van der Waals surface area contributed by atoms with Gasteiger partial charge >= 0.3 is 0 Å². The fourth-order valence-electron chi connectivity index (χ4n) is 3.89. The Balaban J connectivity index is 0.00000208. The standard InChI is InChI=1S/C19H29N3O.ClH/c1-15-5-3-6-17(16(15)2)18-7-4-11-21(18)12-8-19(23)22-13-9-20-10-14-22;/h3,5-6,18,20H,4,7-14H2,1-2H3;1H. The molecule has 24 heavy (non-hydrogen) atoms. The zero-order valence-electron chi connectivity index (χ0n) is 14.9. The van der Waals surface area contributed by atoms with Gasteiger partial charge in [-0.3, -0.25) is 9.69 Å². The van der Waals surface area contributed by atoms with Crippen LogP contribution in [0.2, 0.25) is 0 Å². The van der Waals surface area contributed by atoms with E-state index in [2.05, 4.69) is 42.3 Å². The van der Waals surface area contributed by atoms with E-state index in [0.717, 1.165) is 39.3 Å². The van der Waals surface area contributed by atoms with Gasteiger partial charge in [-0.2, -0.15) is 0 Å². The van der Waals surface area contributed by atoms with Crippen LogP contribution in [0.3, 0.4) is 0 Å². The molecule has 0 bridgehead atoms. The Morgan fingerprint density at radius 2 is 1.96 bits per heavy atom. The summed E-state index contributed by atoms with van der Waals surface area (Å²) in [7, 11) is 0. The zero-order valence-corrected chi connectivity index (χ0v) is 15.7. The lowest BCUT2D eigenvalue weighted by Crippen LogP contribution is -2.47. The van der Waals surface area contributed by atoms with E-state index >= 15 is 0 Å². The van der Waals surface area contributed by atoms with Crippen molar-refractivity contribution in [3.05, 3.63) is 34.9 Å². The van der Waals surface area contributed by atoms with E-state index in [1.54, 1.807) is 0 Å². The molecule has 2 fully saturated rings. The van der Waals surface area contributed by atoms with Crippen LogP contribution < -0.4 is 5.32 Å². The molecular formula is C19H30ClN3O. The van der Waals surface area contributed by atoms with Crippen molar-refractivity contribution in [2.24, 2.45) is 0 Å². The summed E-state index contributed by atoms with van der Waals surface area (Å²) in [4.78, 5) is 16.9. The second-order valence-electron chi connectivity index (χ2n) is 6.86. The van der Waals surface area contributed by atoms with Crippen LogP contribution in [0.1, 0.15) is 42.0 Å². The van der Waals surface area contributed by atoms with Gasteiger partial charge in [0.2, 0.25) is 5.91 Å². The average Bonchev–Trinajstić information content (AvgIpc) is 3.04. The lowest BCUT2D eigenvalue weighted by molar-refractivity contribution is -0.132. The molecule has 1 aromatic rings. The normalized spacial score (nSPS) is 21.6. The molecule has 134 valence electrons. The highest BCUT2D eigenvalue weighted by molar-refractivity contribution is 5.85. The van der Waals surface area contributed by atoms with Crippen LogP contribution >= 0.6 is 12.4 Å². The number of carbonyl (C=O) groups is 1. The summed E-state index contributed by atoms with van der Waals surface area (Å²) in [6.45, 7) is 10.0. The highest BCUT2D eigenvalue weighted by Crippen LogP contribution is 2.34. The van der Waals surface area contributed by atoms with Crippen molar-refractivity contribution >= 4 is 18.3 Å². The van der Waals surface area contributed by atoms with Crippen molar-refractivity contribution < 1.29 is 4.79 Å². The average molecular weight is 352 g/mol. The molecule has 1 aromatic carbocycles. The van der Waals surface area contributed by atoms with E-state index in [1.165, 1.54) is 29.5 Å². The van der Waals surface area contributed by atoms with Crippen molar-refractivity contribution in [2.45, 2.75) is 39.2 Å². The van der Waals surface area contributed by atoms with Crippen LogP contribution in [0.15, 0.2) is 18.2 Å². The number of amides is 1. The smallest absolute Gasteiger partial charge is 0.223 e. The van der Waals surface area contributed by atoms with E-state index in [0.29, 0.717) is 18.4 Å². The van der Waals surface area contributed by atoms with Crippen molar-refractivity contribution in [3.63, 3.8) is 0 Å². The fraction of sp³-hybridized carbons (Fsp3) is 0.632. The zero-order chi connectivity index (χ0) is 16.2. The molecule has 4 nitrogen and oxygen atoms in total. The third-order valence-corrected chi connectivity index (χ3v) is 5.45. The van der Waals surface area contributed by atoms with Gasteiger partial charge in [-0.1, -0.05) is 18.2 Å². The Kier molecular flexibility index (Phi) is 7.08. The van der Waals surface area contributed by atoms with Crippen LogP contribution in [0, 0.1) is 13.8 Å². The molecule has 1 unspecified atom stereocenters. The quantitative estimate of drug-likeness (QED) is 0.905. The number of rotatable bonds is 4. The van der Waals surface area contributed by atoms with Crippen LogP contribution in [0.5, 0.6) is 0 Å². The largest absolute Gasteiger partial charge is 0.340 e. The van der Waals surface area contributed by atoms with Gasteiger partial charge in [-0.05, 0) is 49.9 Å². The number of hydrogen-bond acceptors (Lipinski definition) is 3. The third kappa shape index (κ3) is 4.29. The molecule has 0 radical (unpaired) electrons. The molecule has 1 N–H and O–H groups in total. The van der Waals surface area contributed by atoms with Gasteiger partial charge in [0.1, 0.15) is 0 Å². The van der Waals surface area contributed by atoms with Gasteiger partial charge in [-0.15, -0.1) is 12.4 Å². The summed E-state index contributed by atoms with van der Waals surface area (Å²) in [5.41, 5.74) is 4.24. The highest BCUT2D eigenvalue weighted by Gasteiger charge is 2.28. The number of likely N-dealkylation sites (tertiary alicyclic amines) is 1. The fourth-order valence-corrected chi connectivity index (χ4v) is 3.89. The van der Waals surface area contributed by atoms with Crippen LogP contribution in [0.25, 0.3) is 0 Å². The summed E-state index contributed by atoms with van der Waals surface area (Å²) in [5, 5.41) is 3.30. The number of halogens is 1. The second kappa shape index (κ2) is 8.84. The van der Waals surface area contributed by atoms with Gasteiger partial charge in [-0.25, -0.2) is 0 Å². The number of piperazine rings is 1. The first-order valence-electron chi connectivity index (χ1n) is 8.95. The summed E-state index contributed by atoms with van der Waals surface area (Å²) in [6, 6.07) is 7.11. The van der Waals surface area contributed by atoms with E-state index in [1.807, 2.05) is 4.90 Å². The summed E-state index contributed by atoms with van der Waals surface area (Å²) in [6.07, 6.45) is 3.10. The lowest BCUT2D eigenvalue weighted by atomic mass is 9.96. The Labute approximate surface area is 152 Å². The van der Waals surface area contributed by atoms with Gasteiger partial charge in [0, 0.05) is 45.2 Å². The number of hydrogen-bond donors (Lipinski definition) is 1. The minimum atomic E-state index is 0. The van der Waals surface area contributed by atoms with E-state index < -0.39 is 0 Å². The van der Waals surface area contributed by atoms with Gasteiger partial charge in [0.25, 0.3) is 0 Å². The first-order chi connectivity index (χ1) is 11.2. The monoisotopic (exact) mass is 351 g/mol. The molecule has 3 rings (SSSR count). The molecule has 2 saturated heterocycles.